The third kappa shape index (κ3) is 5.70. The van der Waals surface area contributed by atoms with Crippen molar-refractivity contribution in [2.24, 2.45) is 0 Å². The Morgan fingerprint density at radius 2 is 1.78 bits per heavy atom. The fraction of sp³-hybridized carbons (Fsp3) is 0.0667. The van der Waals surface area contributed by atoms with Crippen LogP contribution in [0.25, 0.3) is 53.9 Å². The Kier molecular flexibility index (Phi) is 7.98. The number of hydrogen-bond acceptors (Lipinski definition) is 5. The first kappa shape index (κ1) is 26.4. The van der Waals surface area contributed by atoms with Crippen LogP contribution < -0.4 is 0 Å². The summed E-state index contributed by atoms with van der Waals surface area (Å²) in [6.07, 6.45) is 1.17. The summed E-state index contributed by atoms with van der Waals surface area (Å²) in [6, 6.07) is 28.0. The Bertz CT molecular complexity index is 1750. The van der Waals surface area contributed by atoms with Crippen molar-refractivity contribution in [1.82, 2.24) is 4.98 Å². The largest absolute Gasteiger partial charge is 0.512 e. The molecule has 0 fully saturated rings. The van der Waals surface area contributed by atoms with Gasteiger partial charge in [-0.2, -0.15) is 0 Å². The summed E-state index contributed by atoms with van der Waals surface area (Å²) in [5, 5.41) is 11.6. The van der Waals surface area contributed by atoms with E-state index in [-0.39, 0.29) is 37.5 Å². The Labute approximate surface area is 230 Å². The second kappa shape index (κ2) is 11.2. The summed E-state index contributed by atoms with van der Waals surface area (Å²) in [7, 11) is 0. The molecule has 4 nitrogen and oxygen atoms in total. The van der Waals surface area contributed by atoms with Gasteiger partial charge in [-0.3, -0.25) is 9.78 Å². The number of aromatic nitrogens is 1. The molecule has 0 unspecified atom stereocenters. The van der Waals surface area contributed by atoms with Gasteiger partial charge in [-0.1, -0.05) is 53.4 Å². The molecule has 0 saturated heterocycles. The number of aliphatic hydroxyl groups excluding tert-OH is 1. The number of thiophene rings is 1. The molecule has 37 heavy (non-hydrogen) atoms. The second-order valence-electron chi connectivity index (χ2n) is 8.30. The van der Waals surface area contributed by atoms with Crippen LogP contribution in [0.3, 0.4) is 0 Å². The summed E-state index contributed by atoms with van der Waals surface area (Å²) in [5.74, 6) is -0.294. The molecule has 0 aliphatic rings. The molecule has 0 aliphatic carbocycles. The van der Waals surface area contributed by atoms with E-state index in [0.29, 0.717) is 0 Å². The average molecular weight is 687 g/mol. The van der Waals surface area contributed by atoms with Crippen LogP contribution >= 0.6 is 11.3 Å². The van der Waals surface area contributed by atoms with Gasteiger partial charge in [0.2, 0.25) is 0 Å². The van der Waals surface area contributed by atoms with Crippen molar-refractivity contribution in [2.75, 3.05) is 0 Å². The molecule has 0 amide bonds. The molecule has 3 aromatic heterocycles. The fourth-order valence-electron chi connectivity index (χ4n) is 3.99. The predicted molar refractivity (Wildman–Crippen MR) is 144 cm³/mol. The van der Waals surface area contributed by atoms with Crippen LogP contribution in [0.15, 0.2) is 95.1 Å². The number of aliphatic hydroxyl groups is 1. The number of benzene rings is 3. The van der Waals surface area contributed by atoms with E-state index in [9.17, 15) is 9.18 Å². The number of ketones is 1. The van der Waals surface area contributed by atoms with E-state index >= 15 is 0 Å². The van der Waals surface area contributed by atoms with E-state index in [4.69, 9.17) is 14.5 Å². The number of allylic oxidation sites excluding steroid dienone is 2. The van der Waals surface area contributed by atoms with Gasteiger partial charge in [0.15, 0.2) is 5.78 Å². The van der Waals surface area contributed by atoms with Crippen molar-refractivity contribution < 1.29 is 38.8 Å². The van der Waals surface area contributed by atoms with Gasteiger partial charge in [-0.25, -0.2) is 4.39 Å². The quantitative estimate of drug-likeness (QED) is 0.115. The minimum Gasteiger partial charge on any atom is -0.512 e. The number of hydrogen-bond donors (Lipinski definition) is 1. The van der Waals surface area contributed by atoms with Gasteiger partial charge in [-0.05, 0) is 49.4 Å². The zero-order valence-electron chi connectivity index (χ0n) is 19.9. The minimum atomic E-state index is -0.232. The van der Waals surface area contributed by atoms with E-state index in [0.717, 1.165) is 53.9 Å². The van der Waals surface area contributed by atoms with Gasteiger partial charge in [0.05, 0.1) is 11.3 Å². The fourth-order valence-corrected chi connectivity index (χ4v) is 5.03. The van der Waals surface area contributed by atoms with Crippen LogP contribution in [-0.4, -0.2) is 15.9 Å². The molecule has 1 N–H and O–H groups in total. The molecule has 0 aliphatic heterocycles. The van der Waals surface area contributed by atoms with Crippen LogP contribution in [0.5, 0.6) is 0 Å². The first-order valence-corrected chi connectivity index (χ1v) is 12.1. The van der Waals surface area contributed by atoms with E-state index in [2.05, 4.69) is 24.3 Å². The zero-order valence-corrected chi connectivity index (χ0v) is 23.1. The first-order valence-electron chi connectivity index (χ1n) is 11.3. The standard InChI is InChI=1S/C25H13FNOS.C5H8O2.Ir/c26-17-11-8-15(9-12-17)23-14-16-10-13-21(27-25(16)29-23)20-6-3-5-19-18-4-1-2-7-22(18)28-24(19)20;1-4(6)3-5(2)7;/h1-5,7-14H;3,6H,1-2H3;/q-1;;/b;4-3-;. The molecule has 6 rings (SSSR count). The minimum absolute atomic E-state index is 0. The molecular weight excluding hydrogens is 666 g/mol. The molecule has 0 saturated carbocycles. The third-order valence-electron chi connectivity index (χ3n) is 5.52. The van der Waals surface area contributed by atoms with Crippen molar-refractivity contribution in [3.8, 4) is 21.7 Å². The van der Waals surface area contributed by atoms with Gasteiger partial charge in [0.25, 0.3) is 0 Å². The van der Waals surface area contributed by atoms with Crippen molar-refractivity contribution in [3.05, 3.63) is 103 Å². The summed E-state index contributed by atoms with van der Waals surface area (Å²) in [5.41, 5.74) is 4.34. The van der Waals surface area contributed by atoms with Crippen LogP contribution in [-0.2, 0) is 24.9 Å². The molecule has 1 radical (unpaired) electrons. The average Bonchev–Trinajstić information content (AvgIpc) is 3.45. The number of para-hydroxylation sites is 1. The number of furan rings is 1. The predicted octanol–water partition coefficient (Wildman–Crippen LogP) is 8.50. The van der Waals surface area contributed by atoms with E-state index in [1.54, 1.807) is 23.5 Å². The van der Waals surface area contributed by atoms with Crippen molar-refractivity contribution in [2.45, 2.75) is 13.8 Å². The Morgan fingerprint density at radius 3 is 2.49 bits per heavy atom. The molecule has 0 spiro atoms. The number of pyridine rings is 1. The molecule has 0 atom stereocenters. The Balaban J connectivity index is 0.000000356. The number of fused-ring (bicyclic) bond motifs is 4. The van der Waals surface area contributed by atoms with Gasteiger partial charge in [0, 0.05) is 41.8 Å². The zero-order chi connectivity index (χ0) is 25.2. The van der Waals surface area contributed by atoms with Crippen LogP contribution in [0, 0.1) is 11.9 Å². The molecule has 3 heterocycles. The summed E-state index contributed by atoms with van der Waals surface area (Å²) in [6.45, 7) is 2.85. The number of carbonyl (C=O) groups excluding carboxylic acids is 1. The smallest absolute Gasteiger partial charge is 0.155 e. The van der Waals surface area contributed by atoms with Crippen molar-refractivity contribution in [1.29, 1.82) is 0 Å². The van der Waals surface area contributed by atoms with Crippen LogP contribution in [0.4, 0.5) is 4.39 Å². The molecule has 3 aromatic carbocycles. The Morgan fingerprint density at radius 1 is 1.03 bits per heavy atom. The number of halogens is 1. The number of carbonyl (C=O) groups is 1. The maximum Gasteiger partial charge on any atom is 0.155 e. The Hall–Kier alpha value is -3.64. The van der Waals surface area contributed by atoms with E-state index in [1.807, 2.05) is 36.4 Å². The maximum atomic E-state index is 13.2. The summed E-state index contributed by atoms with van der Waals surface area (Å²) >= 11 is 1.60. The van der Waals surface area contributed by atoms with Crippen LogP contribution in [0.2, 0.25) is 0 Å². The van der Waals surface area contributed by atoms with Gasteiger partial charge in [0.1, 0.15) is 16.2 Å². The van der Waals surface area contributed by atoms with Gasteiger partial charge < -0.3 is 9.52 Å². The number of nitrogens with zero attached hydrogens (tertiary/aromatic N) is 1. The first-order chi connectivity index (χ1) is 17.4. The maximum absolute atomic E-state index is 13.2. The van der Waals surface area contributed by atoms with E-state index < -0.39 is 0 Å². The molecule has 0 bridgehead atoms. The third-order valence-corrected chi connectivity index (χ3v) is 6.61. The molecule has 187 valence electrons. The molecular formula is C30H21FIrNO3S-. The van der Waals surface area contributed by atoms with Crippen LogP contribution in [0.1, 0.15) is 13.8 Å². The summed E-state index contributed by atoms with van der Waals surface area (Å²) < 4.78 is 19.4. The van der Waals surface area contributed by atoms with E-state index in [1.165, 1.54) is 32.1 Å². The SMILES string of the molecule is CC(=O)/C=C(/C)O.Fc1ccc(-c2cc3ccc(-c4[c-]ccc5c4oc4ccccc45)nc3s2)cc1.[Ir]. The molecule has 6 aromatic rings. The van der Waals surface area contributed by atoms with Crippen molar-refractivity contribution in [3.63, 3.8) is 0 Å². The topological polar surface area (TPSA) is 63.3 Å². The number of rotatable bonds is 3. The molecule has 7 heteroatoms. The normalized spacial score (nSPS) is 11.3. The van der Waals surface area contributed by atoms with Crippen molar-refractivity contribution >= 4 is 49.3 Å². The monoisotopic (exact) mass is 687 g/mol. The van der Waals surface area contributed by atoms with Gasteiger partial charge >= 0.3 is 0 Å². The van der Waals surface area contributed by atoms with Gasteiger partial charge in [-0.15, -0.1) is 29.5 Å². The summed E-state index contributed by atoms with van der Waals surface area (Å²) in [4.78, 5) is 16.9. The second-order valence-corrected chi connectivity index (χ2v) is 9.33.